The van der Waals surface area contributed by atoms with E-state index in [0.29, 0.717) is 11.5 Å². The molecule has 84 valence electrons. The molecule has 1 saturated carbocycles. The first-order valence-electron chi connectivity index (χ1n) is 5.01. The standard InChI is InChI=1S/C12H12BrNO2/c1-15-9-4-3-8(10(13)11(9)16-2)12(7-14)5-6-12/h3-4H,5-6H2,1-2H3. The van der Waals surface area contributed by atoms with Crippen molar-refractivity contribution in [1.29, 1.82) is 5.26 Å². The summed E-state index contributed by atoms with van der Waals surface area (Å²) < 4.78 is 11.3. The molecule has 0 aromatic heterocycles. The highest BCUT2D eigenvalue weighted by molar-refractivity contribution is 9.10. The van der Waals surface area contributed by atoms with E-state index in [0.717, 1.165) is 22.9 Å². The van der Waals surface area contributed by atoms with Crippen molar-refractivity contribution in [2.24, 2.45) is 0 Å². The predicted molar refractivity (Wildman–Crippen MR) is 63.8 cm³/mol. The van der Waals surface area contributed by atoms with Crippen LogP contribution in [-0.2, 0) is 5.41 Å². The third-order valence-corrected chi connectivity index (χ3v) is 3.75. The number of nitriles is 1. The first kappa shape index (κ1) is 11.3. The molecule has 0 bridgehead atoms. The molecule has 0 radical (unpaired) electrons. The molecule has 16 heavy (non-hydrogen) atoms. The maximum Gasteiger partial charge on any atom is 0.175 e. The lowest BCUT2D eigenvalue weighted by molar-refractivity contribution is 0.352. The Hall–Kier alpha value is -1.21. The number of hydrogen-bond acceptors (Lipinski definition) is 3. The molecule has 0 N–H and O–H groups in total. The van der Waals surface area contributed by atoms with Gasteiger partial charge in [-0.1, -0.05) is 6.07 Å². The minimum absolute atomic E-state index is 0.321. The lowest BCUT2D eigenvalue weighted by Gasteiger charge is -2.15. The van der Waals surface area contributed by atoms with Gasteiger partial charge in [0.15, 0.2) is 11.5 Å². The van der Waals surface area contributed by atoms with Gasteiger partial charge in [0.1, 0.15) is 0 Å². The van der Waals surface area contributed by atoms with Crippen molar-refractivity contribution < 1.29 is 9.47 Å². The van der Waals surface area contributed by atoms with Crippen molar-refractivity contribution in [1.82, 2.24) is 0 Å². The SMILES string of the molecule is COc1ccc(C2(C#N)CC2)c(Br)c1OC. The van der Waals surface area contributed by atoms with Crippen LogP contribution in [-0.4, -0.2) is 14.2 Å². The fourth-order valence-electron chi connectivity index (χ4n) is 1.83. The van der Waals surface area contributed by atoms with Gasteiger partial charge in [0.25, 0.3) is 0 Å². The molecule has 1 aliphatic rings. The Labute approximate surface area is 103 Å². The van der Waals surface area contributed by atoms with Gasteiger partial charge in [-0.3, -0.25) is 0 Å². The molecule has 0 amide bonds. The van der Waals surface area contributed by atoms with Gasteiger partial charge in [-0.25, -0.2) is 0 Å². The average Bonchev–Trinajstić information content (AvgIpc) is 3.09. The van der Waals surface area contributed by atoms with Crippen molar-refractivity contribution in [3.63, 3.8) is 0 Å². The van der Waals surface area contributed by atoms with E-state index >= 15 is 0 Å². The van der Waals surface area contributed by atoms with E-state index in [2.05, 4.69) is 22.0 Å². The zero-order chi connectivity index (χ0) is 11.8. The lowest BCUT2D eigenvalue weighted by atomic mass is 9.97. The summed E-state index contributed by atoms with van der Waals surface area (Å²) in [6.07, 6.45) is 1.83. The second kappa shape index (κ2) is 3.99. The van der Waals surface area contributed by atoms with Crippen LogP contribution in [0.15, 0.2) is 16.6 Å². The summed E-state index contributed by atoms with van der Waals surface area (Å²) in [6.45, 7) is 0. The zero-order valence-electron chi connectivity index (χ0n) is 9.21. The Balaban J connectivity index is 2.54. The molecular formula is C12H12BrNO2. The number of nitrogens with zero attached hydrogens (tertiary/aromatic N) is 1. The van der Waals surface area contributed by atoms with Crippen molar-refractivity contribution in [2.45, 2.75) is 18.3 Å². The minimum atomic E-state index is -0.321. The molecule has 0 saturated heterocycles. The average molecular weight is 282 g/mol. The van der Waals surface area contributed by atoms with E-state index < -0.39 is 0 Å². The molecule has 3 nitrogen and oxygen atoms in total. The van der Waals surface area contributed by atoms with Crippen LogP contribution in [0.5, 0.6) is 11.5 Å². The van der Waals surface area contributed by atoms with Crippen LogP contribution in [0.1, 0.15) is 18.4 Å². The zero-order valence-corrected chi connectivity index (χ0v) is 10.8. The van der Waals surface area contributed by atoms with E-state index in [1.165, 1.54) is 0 Å². The van der Waals surface area contributed by atoms with E-state index in [1.807, 2.05) is 12.1 Å². The van der Waals surface area contributed by atoms with Gasteiger partial charge < -0.3 is 9.47 Å². The first-order valence-corrected chi connectivity index (χ1v) is 5.80. The van der Waals surface area contributed by atoms with Gasteiger partial charge in [-0.2, -0.15) is 5.26 Å². The Bertz CT molecular complexity index is 461. The quantitative estimate of drug-likeness (QED) is 0.855. The molecule has 1 aliphatic carbocycles. The number of rotatable bonds is 3. The van der Waals surface area contributed by atoms with Gasteiger partial charge in [-0.05, 0) is 40.4 Å². The summed E-state index contributed by atoms with van der Waals surface area (Å²) in [5.74, 6) is 1.33. The number of halogens is 1. The first-order chi connectivity index (χ1) is 7.68. The fourth-order valence-corrected chi connectivity index (χ4v) is 2.69. The summed E-state index contributed by atoms with van der Waals surface area (Å²) >= 11 is 3.49. The summed E-state index contributed by atoms with van der Waals surface area (Å²) in [7, 11) is 3.19. The Morgan fingerprint density at radius 2 is 2.00 bits per heavy atom. The summed E-state index contributed by atoms with van der Waals surface area (Å²) in [6, 6.07) is 6.15. The van der Waals surface area contributed by atoms with E-state index in [9.17, 15) is 5.26 Å². The predicted octanol–water partition coefficient (Wildman–Crippen LogP) is 3.02. The molecule has 2 rings (SSSR count). The second-order valence-electron chi connectivity index (χ2n) is 3.86. The third-order valence-electron chi connectivity index (χ3n) is 2.96. The number of benzene rings is 1. The highest BCUT2D eigenvalue weighted by Gasteiger charge is 2.46. The summed E-state index contributed by atoms with van der Waals surface area (Å²) in [5.41, 5.74) is 0.672. The Morgan fingerprint density at radius 3 is 2.44 bits per heavy atom. The van der Waals surface area contributed by atoms with Crippen LogP contribution < -0.4 is 9.47 Å². The van der Waals surface area contributed by atoms with Crippen LogP contribution in [0, 0.1) is 11.3 Å². The molecule has 4 heteroatoms. The van der Waals surface area contributed by atoms with Crippen LogP contribution in [0.25, 0.3) is 0 Å². The van der Waals surface area contributed by atoms with Crippen molar-refractivity contribution >= 4 is 15.9 Å². The van der Waals surface area contributed by atoms with Crippen molar-refractivity contribution in [2.75, 3.05) is 14.2 Å². The Morgan fingerprint density at radius 1 is 1.31 bits per heavy atom. The number of methoxy groups -OCH3 is 2. The molecule has 0 aliphatic heterocycles. The molecule has 0 spiro atoms. The van der Waals surface area contributed by atoms with Gasteiger partial charge in [0.2, 0.25) is 0 Å². The highest BCUT2D eigenvalue weighted by atomic mass is 79.9. The molecule has 0 unspecified atom stereocenters. The van der Waals surface area contributed by atoms with E-state index in [4.69, 9.17) is 9.47 Å². The number of hydrogen-bond donors (Lipinski definition) is 0. The molecular weight excluding hydrogens is 270 g/mol. The maximum absolute atomic E-state index is 9.18. The normalized spacial score (nSPS) is 16.4. The van der Waals surface area contributed by atoms with Crippen LogP contribution in [0.4, 0.5) is 0 Å². The van der Waals surface area contributed by atoms with Gasteiger partial charge in [0, 0.05) is 0 Å². The largest absolute Gasteiger partial charge is 0.493 e. The van der Waals surface area contributed by atoms with Gasteiger partial charge in [-0.15, -0.1) is 0 Å². The van der Waals surface area contributed by atoms with E-state index in [-0.39, 0.29) is 5.41 Å². The molecule has 1 fully saturated rings. The maximum atomic E-state index is 9.18. The molecule has 1 aromatic carbocycles. The minimum Gasteiger partial charge on any atom is -0.493 e. The molecule has 0 heterocycles. The topological polar surface area (TPSA) is 42.2 Å². The van der Waals surface area contributed by atoms with Crippen LogP contribution in [0.2, 0.25) is 0 Å². The van der Waals surface area contributed by atoms with E-state index in [1.54, 1.807) is 14.2 Å². The number of ether oxygens (including phenoxy) is 2. The lowest BCUT2D eigenvalue weighted by Crippen LogP contribution is -2.05. The second-order valence-corrected chi connectivity index (χ2v) is 4.65. The van der Waals surface area contributed by atoms with Crippen molar-refractivity contribution in [3.05, 3.63) is 22.2 Å². The van der Waals surface area contributed by atoms with Gasteiger partial charge in [0.05, 0.1) is 30.2 Å². The monoisotopic (exact) mass is 281 g/mol. The third kappa shape index (κ3) is 1.56. The summed E-state index contributed by atoms with van der Waals surface area (Å²) in [5, 5.41) is 9.18. The van der Waals surface area contributed by atoms with Gasteiger partial charge >= 0.3 is 0 Å². The fraction of sp³-hybridized carbons (Fsp3) is 0.417. The van der Waals surface area contributed by atoms with Crippen LogP contribution >= 0.6 is 15.9 Å². The molecule has 0 atom stereocenters. The van der Waals surface area contributed by atoms with Crippen molar-refractivity contribution in [3.8, 4) is 17.6 Å². The smallest absolute Gasteiger partial charge is 0.175 e. The molecule has 1 aromatic rings. The Kier molecular flexibility index (Phi) is 2.81. The van der Waals surface area contributed by atoms with Crippen LogP contribution in [0.3, 0.4) is 0 Å². The highest BCUT2D eigenvalue weighted by Crippen LogP contribution is 2.53. The summed E-state index contributed by atoms with van der Waals surface area (Å²) in [4.78, 5) is 0.